The number of aliphatic hydroxyl groups is 2. The fourth-order valence-corrected chi connectivity index (χ4v) is 8.56. The van der Waals surface area contributed by atoms with Gasteiger partial charge in [-0.2, -0.15) is 0 Å². The molecular weight excluding hydrogens is 677 g/mol. The maximum Gasteiger partial charge on any atom is 0.153 e. The van der Waals surface area contributed by atoms with E-state index in [4.69, 9.17) is 14.6 Å². The van der Waals surface area contributed by atoms with Gasteiger partial charge in [-0.1, -0.05) is 244 Å². The molecule has 2 N–H and O–H groups in total. The van der Waals surface area contributed by atoms with E-state index in [0.717, 1.165) is 43.3 Å². The van der Waals surface area contributed by atoms with Gasteiger partial charge >= 0.3 is 0 Å². The van der Waals surface area contributed by atoms with Crippen LogP contribution in [-0.4, -0.2) is 29.7 Å². The highest BCUT2D eigenvalue weighted by atomic mass is 16.3. The molecule has 0 spiro atoms. The highest BCUT2D eigenvalue weighted by Gasteiger charge is 2.13. The van der Waals surface area contributed by atoms with Crippen LogP contribution in [0.15, 0.2) is 10.7 Å². The number of hydrogen-bond acceptors (Lipinski definition) is 4. The van der Waals surface area contributed by atoms with E-state index in [9.17, 15) is 4.79 Å². The van der Waals surface area contributed by atoms with Gasteiger partial charge in [-0.25, -0.2) is 0 Å². The minimum Gasteiger partial charge on any atom is -0.468 e. The van der Waals surface area contributed by atoms with E-state index >= 15 is 0 Å². The Morgan fingerprint density at radius 1 is 0.327 bits per heavy atom. The van der Waals surface area contributed by atoms with Crippen LogP contribution in [0, 0.1) is 0 Å². The van der Waals surface area contributed by atoms with Crippen LogP contribution in [-0.2, 0) is 12.8 Å². The van der Waals surface area contributed by atoms with Crippen LogP contribution >= 0.6 is 0 Å². The average molecular weight is 773 g/mol. The van der Waals surface area contributed by atoms with E-state index in [1.54, 1.807) is 6.26 Å². The van der Waals surface area contributed by atoms with Gasteiger partial charge in [0.05, 0.1) is 5.56 Å². The van der Waals surface area contributed by atoms with Crippen molar-refractivity contribution in [2.75, 3.05) is 13.2 Å². The average Bonchev–Trinajstić information content (AvgIpc) is 3.60. The molecule has 0 saturated heterocycles. The Morgan fingerprint density at radius 2 is 0.545 bits per heavy atom. The molecular formula is C51H96O4. The molecule has 4 heteroatoms. The molecule has 1 aromatic heterocycles. The summed E-state index contributed by atoms with van der Waals surface area (Å²) in [6, 6.07) is 0. The summed E-state index contributed by atoms with van der Waals surface area (Å²) in [4.78, 5) is 11.7. The number of rotatable bonds is 47. The molecule has 0 atom stereocenters. The number of aldehydes is 1. The summed E-state index contributed by atoms with van der Waals surface area (Å²) in [6.07, 6.45) is 61.5. The van der Waals surface area contributed by atoms with Crippen molar-refractivity contribution < 1.29 is 19.4 Å². The molecule has 0 bridgehead atoms. The van der Waals surface area contributed by atoms with Gasteiger partial charge in [0.1, 0.15) is 12.0 Å². The largest absolute Gasteiger partial charge is 0.468 e. The predicted molar refractivity (Wildman–Crippen MR) is 240 cm³/mol. The van der Waals surface area contributed by atoms with Crippen molar-refractivity contribution in [1.29, 1.82) is 0 Å². The van der Waals surface area contributed by atoms with Gasteiger partial charge in [-0.15, -0.1) is 0 Å². The Balaban J connectivity index is 1.86. The molecule has 0 unspecified atom stereocenters. The number of carbonyl (C=O) groups is 1. The lowest BCUT2D eigenvalue weighted by atomic mass is 9.99. The molecule has 324 valence electrons. The highest BCUT2D eigenvalue weighted by Crippen LogP contribution is 2.23. The molecule has 0 aliphatic rings. The van der Waals surface area contributed by atoms with Crippen molar-refractivity contribution in [3.63, 3.8) is 0 Å². The summed E-state index contributed by atoms with van der Waals surface area (Å²) in [5.74, 6) is 1.08. The molecule has 1 aromatic rings. The molecule has 55 heavy (non-hydrogen) atoms. The quantitative estimate of drug-likeness (QED) is 0.0511. The molecule has 0 aliphatic carbocycles. The summed E-state index contributed by atoms with van der Waals surface area (Å²) >= 11 is 0. The van der Waals surface area contributed by atoms with Crippen LogP contribution in [0.5, 0.6) is 0 Å². The van der Waals surface area contributed by atoms with Crippen molar-refractivity contribution >= 4 is 6.29 Å². The minimum atomic E-state index is 0.360. The van der Waals surface area contributed by atoms with E-state index in [0.29, 0.717) is 13.2 Å². The second kappa shape index (κ2) is 44.0. The third kappa shape index (κ3) is 35.7. The zero-order valence-corrected chi connectivity index (χ0v) is 36.9. The Kier molecular flexibility index (Phi) is 41.5. The van der Waals surface area contributed by atoms with E-state index in [-0.39, 0.29) is 0 Å². The number of hydrogen-bond donors (Lipinski definition) is 2. The van der Waals surface area contributed by atoms with Crippen molar-refractivity contribution in [3.05, 3.63) is 23.2 Å². The topological polar surface area (TPSA) is 70.7 Å². The van der Waals surface area contributed by atoms with Crippen LogP contribution in [0.4, 0.5) is 0 Å². The van der Waals surface area contributed by atoms with Crippen molar-refractivity contribution in [2.24, 2.45) is 0 Å². The summed E-state index contributed by atoms with van der Waals surface area (Å²) in [5, 5.41) is 17.7. The fourth-order valence-electron chi connectivity index (χ4n) is 8.56. The van der Waals surface area contributed by atoms with Crippen molar-refractivity contribution in [1.82, 2.24) is 0 Å². The number of furan rings is 1. The zero-order valence-electron chi connectivity index (χ0n) is 36.9. The molecule has 0 aromatic carbocycles. The first-order chi connectivity index (χ1) is 27.3. The SMILES string of the molecule is O=Cc1coc(CCCCCCCCCCCCCCCCCCCCCCCO)c1CCCCCCCCCCCCCCCCCCCCCCCO. The lowest BCUT2D eigenvalue weighted by Crippen LogP contribution is -1.95. The molecule has 0 fully saturated rings. The van der Waals surface area contributed by atoms with Gasteiger partial charge in [0.2, 0.25) is 0 Å². The predicted octanol–water partition coefficient (Wildman–Crippen LogP) is 16.5. The Labute approximate surface area is 343 Å². The standard InChI is InChI=1S/C51H96O4/c52-45-41-37-33-29-25-21-17-13-9-5-1-3-7-11-15-19-23-27-31-35-39-43-50-49(47-54)48-55-51(50)44-40-36-32-28-24-20-16-12-8-4-2-6-10-14-18-22-26-30-34-38-42-46-53/h47-48,52-53H,1-46H2. The first-order valence-corrected chi connectivity index (χ1v) is 25.1. The minimum absolute atomic E-state index is 0.360. The maximum absolute atomic E-state index is 11.7. The number of unbranched alkanes of at least 4 members (excludes halogenated alkanes) is 40. The Bertz CT molecular complexity index is 878. The molecule has 0 saturated carbocycles. The van der Waals surface area contributed by atoms with Gasteiger partial charge in [0.25, 0.3) is 0 Å². The van der Waals surface area contributed by atoms with Gasteiger partial charge in [0, 0.05) is 25.2 Å². The molecule has 0 aliphatic heterocycles. The van der Waals surface area contributed by atoms with Gasteiger partial charge in [-0.3, -0.25) is 4.79 Å². The summed E-state index contributed by atoms with van der Waals surface area (Å²) in [5.41, 5.74) is 1.99. The number of aliphatic hydroxyl groups excluding tert-OH is 2. The van der Waals surface area contributed by atoms with Crippen LogP contribution in [0.2, 0.25) is 0 Å². The molecule has 4 nitrogen and oxygen atoms in total. The summed E-state index contributed by atoms with van der Waals surface area (Å²) in [7, 11) is 0. The Morgan fingerprint density at radius 3 is 0.782 bits per heavy atom. The maximum atomic E-state index is 11.7. The molecule has 1 heterocycles. The third-order valence-corrected chi connectivity index (χ3v) is 12.3. The first-order valence-electron chi connectivity index (χ1n) is 25.1. The van der Waals surface area contributed by atoms with Crippen molar-refractivity contribution in [2.45, 2.75) is 283 Å². The van der Waals surface area contributed by atoms with Crippen LogP contribution in [0.3, 0.4) is 0 Å². The number of carbonyl (C=O) groups excluding carboxylic acids is 1. The molecule has 0 radical (unpaired) electrons. The third-order valence-electron chi connectivity index (χ3n) is 12.3. The zero-order chi connectivity index (χ0) is 39.4. The van der Waals surface area contributed by atoms with Crippen LogP contribution < -0.4 is 0 Å². The van der Waals surface area contributed by atoms with Gasteiger partial charge in [-0.05, 0) is 32.1 Å². The van der Waals surface area contributed by atoms with Crippen LogP contribution in [0.25, 0.3) is 0 Å². The first kappa shape index (κ1) is 51.9. The Hall–Kier alpha value is -1.13. The second-order valence-electron chi connectivity index (χ2n) is 17.5. The second-order valence-corrected chi connectivity index (χ2v) is 17.5. The lowest BCUT2D eigenvalue weighted by Gasteiger charge is -2.06. The molecule has 0 amide bonds. The fraction of sp³-hybridized carbons (Fsp3) is 0.902. The van der Waals surface area contributed by atoms with E-state index in [2.05, 4.69) is 0 Å². The van der Waals surface area contributed by atoms with E-state index in [1.807, 2.05) is 0 Å². The van der Waals surface area contributed by atoms with Gasteiger partial charge < -0.3 is 14.6 Å². The van der Waals surface area contributed by atoms with Gasteiger partial charge in [0.15, 0.2) is 6.29 Å². The van der Waals surface area contributed by atoms with E-state index < -0.39 is 0 Å². The number of aryl methyl sites for hydroxylation is 1. The summed E-state index contributed by atoms with van der Waals surface area (Å²) in [6.45, 7) is 0.721. The monoisotopic (exact) mass is 773 g/mol. The smallest absolute Gasteiger partial charge is 0.153 e. The van der Waals surface area contributed by atoms with Crippen LogP contribution in [0.1, 0.15) is 291 Å². The van der Waals surface area contributed by atoms with E-state index in [1.165, 1.54) is 262 Å². The highest BCUT2D eigenvalue weighted by molar-refractivity contribution is 5.77. The summed E-state index contributed by atoms with van der Waals surface area (Å²) < 4.78 is 5.89. The lowest BCUT2D eigenvalue weighted by molar-refractivity contribution is 0.112. The normalized spacial score (nSPS) is 11.6. The van der Waals surface area contributed by atoms with Crippen molar-refractivity contribution in [3.8, 4) is 0 Å². The molecule has 1 rings (SSSR count).